The van der Waals surface area contributed by atoms with E-state index in [1.165, 1.54) is 12.4 Å². The van der Waals surface area contributed by atoms with E-state index < -0.39 is 9.84 Å². The largest absolute Gasteiger partial charge is 0.497 e. The van der Waals surface area contributed by atoms with Crippen LogP contribution in [-0.2, 0) is 9.84 Å². The van der Waals surface area contributed by atoms with E-state index in [-0.39, 0.29) is 10.9 Å². The lowest BCUT2D eigenvalue weighted by Crippen LogP contribution is -2.10. The highest BCUT2D eigenvalue weighted by Crippen LogP contribution is 2.34. The number of nitrogens with zero attached hydrogens (tertiary/aromatic N) is 3. The molecule has 0 radical (unpaired) electrons. The molecule has 0 unspecified atom stereocenters. The molecule has 35 heavy (non-hydrogen) atoms. The van der Waals surface area contributed by atoms with Crippen LogP contribution in [0.15, 0.2) is 77.3 Å². The monoisotopic (exact) mass is 510 g/mol. The Morgan fingerprint density at radius 1 is 0.857 bits per heavy atom. The number of hydrogen-bond donors (Lipinski definition) is 1. The van der Waals surface area contributed by atoms with Crippen molar-refractivity contribution in [1.82, 2.24) is 19.9 Å². The third kappa shape index (κ3) is 6.20. The van der Waals surface area contributed by atoms with E-state index >= 15 is 0 Å². The van der Waals surface area contributed by atoms with Gasteiger partial charge in [0, 0.05) is 29.3 Å². The highest BCUT2D eigenvalue weighted by Gasteiger charge is 2.18. The first kappa shape index (κ1) is 24.7. The summed E-state index contributed by atoms with van der Waals surface area (Å²) in [6, 6.07) is 17.2. The predicted molar refractivity (Wildman–Crippen MR) is 137 cm³/mol. The molecule has 0 spiro atoms. The van der Waals surface area contributed by atoms with Crippen LogP contribution in [0.3, 0.4) is 0 Å². The highest BCUT2D eigenvalue weighted by molar-refractivity contribution is 7.99. The average Bonchev–Trinajstić information content (AvgIpc) is 3.33. The molecule has 0 saturated carbocycles. The van der Waals surface area contributed by atoms with Gasteiger partial charge in [-0.1, -0.05) is 11.8 Å². The first-order valence-electron chi connectivity index (χ1n) is 11.0. The number of ether oxygens (including phenoxy) is 2. The Labute approximate surface area is 209 Å². The first-order chi connectivity index (χ1) is 17.0. The number of hydrogen-bond acceptors (Lipinski definition) is 8. The summed E-state index contributed by atoms with van der Waals surface area (Å²) in [5.74, 6) is 2.30. The normalized spacial score (nSPS) is 11.4. The molecular weight excluding hydrogens is 484 g/mol. The topological polar surface area (TPSA) is 107 Å². The van der Waals surface area contributed by atoms with Crippen LogP contribution in [0.5, 0.6) is 11.5 Å². The molecule has 2 aromatic carbocycles. The zero-order chi connectivity index (χ0) is 24.7. The average molecular weight is 511 g/mol. The lowest BCUT2D eigenvalue weighted by molar-refractivity contribution is 0.414. The number of unbranched alkanes of at least 4 members (excludes halogenated alkanes) is 1. The third-order valence-electron chi connectivity index (χ3n) is 5.29. The summed E-state index contributed by atoms with van der Waals surface area (Å²) in [6.07, 6.45) is 4.11. The summed E-state index contributed by atoms with van der Waals surface area (Å²) < 4.78 is 35.3. The lowest BCUT2D eigenvalue weighted by Gasteiger charge is -2.06. The number of nitrogens with one attached hydrogen (secondary N) is 1. The minimum Gasteiger partial charge on any atom is -0.497 e. The molecule has 8 nitrogen and oxygen atoms in total. The second-order valence-corrected chi connectivity index (χ2v) is 10.7. The van der Waals surface area contributed by atoms with Crippen molar-refractivity contribution >= 4 is 21.6 Å². The van der Waals surface area contributed by atoms with E-state index in [1.54, 1.807) is 32.0 Å². The van der Waals surface area contributed by atoms with Crippen molar-refractivity contribution in [3.8, 4) is 34.0 Å². The van der Waals surface area contributed by atoms with Crippen molar-refractivity contribution in [2.75, 3.05) is 25.7 Å². The number of aromatic amines is 1. The van der Waals surface area contributed by atoms with Gasteiger partial charge in [0.1, 0.15) is 11.5 Å². The molecule has 0 aliphatic rings. The Morgan fingerprint density at radius 3 is 2.06 bits per heavy atom. The molecule has 0 bridgehead atoms. The third-order valence-corrected chi connectivity index (χ3v) is 7.84. The highest BCUT2D eigenvalue weighted by atomic mass is 32.2. The van der Waals surface area contributed by atoms with Crippen LogP contribution in [-0.4, -0.2) is 54.1 Å². The van der Waals surface area contributed by atoms with Gasteiger partial charge in [0.15, 0.2) is 5.16 Å². The number of thioether (sulfide) groups is 1. The maximum atomic E-state index is 12.4. The minimum absolute atomic E-state index is 0.0178. The fourth-order valence-corrected chi connectivity index (χ4v) is 5.53. The molecule has 0 aliphatic heterocycles. The van der Waals surface area contributed by atoms with Crippen LogP contribution in [0.2, 0.25) is 0 Å². The summed E-state index contributed by atoms with van der Waals surface area (Å²) in [5, 5.41) is 0.655. The fraction of sp³-hybridized carbons (Fsp3) is 0.240. The maximum Gasteiger partial charge on any atom is 0.246 e. The van der Waals surface area contributed by atoms with E-state index in [4.69, 9.17) is 14.5 Å². The van der Waals surface area contributed by atoms with Crippen molar-refractivity contribution < 1.29 is 17.9 Å². The summed E-state index contributed by atoms with van der Waals surface area (Å²) >= 11 is 1.56. The van der Waals surface area contributed by atoms with Gasteiger partial charge < -0.3 is 14.5 Å². The van der Waals surface area contributed by atoms with E-state index in [1.807, 2.05) is 48.5 Å². The van der Waals surface area contributed by atoms with E-state index in [0.29, 0.717) is 12.8 Å². The smallest absolute Gasteiger partial charge is 0.246 e. The van der Waals surface area contributed by atoms with Gasteiger partial charge in [-0.2, -0.15) is 0 Å². The van der Waals surface area contributed by atoms with Gasteiger partial charge >= 0.3 is 0 Å². The molecule has 10 heteroatoms. The molecule has 1 N–H and O–H groups in total. The summed E-state index contributed by atoms with van der Waals surface area (Å²) in [7, 11) is -0.189. The number of rotatable bonds is 11. The van der Waals surface area contributed by atoms with Crippen LogP contribution in [0, 0.1) is 0 Å². The predicted octanol–water partition coefficient (Wildman–Crippen LogP) is 4.90. The summed E-state index contributed by atoms with van der Waals surface area (Å²) in [4.78, 5) is 16.0. The first-order valence-corrected chi connectivity index (χ1v) is 13.7. The number of methoxy groups -OCH3 is 2. The molecule has 0 amide bonds. The number of imidazole rings is 1. The molecule has 0 aliphatic carbocycles. The number of sulfone groups is 1. The van der Waals surface area contributed by atoms with Gasteiger partial charge in [-0.05, 0) is 67.4 Å². The minimum atomic E-state index is -3.47. The Kier molecular flexibility index (Phi) is 8.04. The Morgan fingerprint density at radius 2 is 1.46 bits per heavy atom. The maximum absolute atomic E-state index is 12.4. The molecule has 0 fully saturated rings. The molecule has 2 aromatic heterocycles. The second kappa shape index (κ2) is 11.4. The Balaban J connectivity index is 1.46. The molecular formula is C25H26N4O4S2. The SMILES string of the molecule is COc1ccc(-c2nc(SCCCCS(=O)(=O)c3ncccn3)[nH]c2-c2ccc(OC)cc2)cc1. The summed E-state index contributed by atoms with van der Waals surface area (Å²) in [6.45, 7) is 0. The standard InChI is InChI=1S/C25H26N4O4S2/c1-32-20-10-6-18(7-11-20)22-23(19-8-12-21(33-2)13-9-19)29-24(28-22)34-16-3-4-17-35(30,31)25-26-14-5-15-27-25/h5-15H,3-4,16-17H2,1-2H3,(H,28,29). The van der Waals surface area contributed by atoms with Gasteiger partial charge in [-0.15, -0.1) is 0 Å². The van der Waals surface area contributed by atoms with Crippen LogP contribution < -0.4 is 9.47 Å². The van der Waals surface area contributed by atoms with E-state index in [0.717, 1.165) is 44.9 Å². The van der Waals surface area contributed by atoms with Gasteiger partial charge in [0.25, 0.3) is 0 Å². The van der Waals surface area contributed by atoms with Crippen molar-refractivity contribution in [2.45, 2.75) is 23.2 Å². The second-order valence-electron chi connectivity index (χ2n) is 7.63. The fourth-order valence-electron chi connectivity index (χ4n) is 3.44. The van der Waals surface area contributed by atoms with Gasteiger partial charge in [-0.25, -0.2) is 23.4 Å². The molecule has 4 aromatic rings. The van der Waals surface area contributed by atoms with Crippen molar-refractivity contribution in [3.05, 3.63) is 67.0 Å². The number of H-pyrrole nitrogens is 1. The van der Waals surface area contributed by atoms with Crippen LogP contribution >= 0.6 is 11.8 Å². The van der Waals surface area contributed by atoms with Crippen molar-refractivity contribution in [3.63, 3.8) is 0 Å². The van der Waals surface area contributed by atoms with Crippen molar-refractivity contribution in [1.29, 1.82) is 0 Å². The number of aromatic nitrogens is 4. The molecule has 0 saturated heterocycles. The Bertz CT molecular complexity index is 1280. The molecule has 0 atom stereocenters. The van der Waals surface area contributed by atoms with Crippen LogP contribution in [0.4, 0.5) is 0 Å². The number of benzene rings is 2. The van der Waals surface area contributed by atoms with E-state index in [2.05, 4.69) is 15.0 Å². The molecule has 4 rings (SSSR count). The van der Waals surface area contributed by atoms with Crippen LogP contribution in [0.1, 0.15) is 12.8 Å². The zero-order valence-electron chi connectivity index (χ0n) is 19.5. The van der Waals surface area contributed by atoms with Gasteiger partial charge in [-0.3, -0.25) is 0 Å². The summed E-state index contributed by atoms with van der Waals surface area (Å²) in [5.41, 5.74) is 3.70. The Hall–Kier alpha value is -3.37. The van der Waals surface area contributed by atoms with Crippen LogP contribution in [0.25, 0.3) is 22.5 Å². The van der Waals surface area contributed by atoms with E-state index in [9.17, 15) is 8.42 Å². The molecule has 2 heterocycles. The van der Waals surface area contributed by atoms with Gasteiger partial charge in [0.05, 0.1) is 31.4 Å². The van der Waals surface area contributed by atoms with Gasteiger partial charge in [0.2, 0.25) is 15.0 Å². The lowest BCUT2D eigenvalue weighted by atomic mass is 10.0. The zero-order valence-corrected chi connectivity index (χ0v) is 21.1. The molecule has 182 valence electrons. The van der Waals surface area contributed by atoms with Crippen molar-refractivity contribution in [2.24, 2.45) is 0 Å². The quantitative estimate of drug-likeness (QED) is 0.173.